The van der Waals surface area contributed by atoms with Crippen molar-refractivity contribution in [1.82, 2.24) is 5.32 Å². The SMILES string of the molecule is CNC(C=O)c1ccc(OC)c(C(C)(C)C)c1. The Hall–Kier alpha value is -1.35. The summed E-state index contributed by atoms with van der Waals surface area (Å²) >= 11 is 0. The largest absolute Gasteiger partial charge is 0.496 e. The summed E-state index contributed by atoms with van der Waals surface area (Å²) < 4.78 is 5.37. The molecule has 1 unspecified atom stereocenters. The van der Waals surface area contributed by atoms with E-state index in [0.717, 1.165) is 23.2 Å². The van der Waals surface area contributed by atoms with E-state index in [-0.39, 0.29) is 11.5 Å². The molecule has 1 aromatic rings. The number of nitrogens with one attached hydrogen (secondary N) is 1. The molecule has 0 radical (unpaired) electrons. The minimum Gasteiger partial charge on any atom is -0.496 e. The number of carbonyl (C=O) groups excluding carboxylic acids is 1. The van der Waals surface area contributed by atoms with Crippen molar-refractivity contribution in [3.05, 3.63) is 29.3 Å². The molecule has 0 bridgehead atoms. The summed E-state index contributed by atoms with van der Waals surface area (Å²) in [6.45, 7) is 6.39. The molecule has 0 aromatic heterocycles. The summed E-state index contributed by atoms with van der Waals surface area (Å²) in [5.74, 6) is 0.863. The minimum atomic E-state index is -0.262. The van der Waals surface area contributed by atoms with Crippen molar-refractivity contribution in [2.75, 3.05) is 14.2 Å². The first-order valence-electron chi connectivity index (χ1n) is 5.75. The van der Waals surface area contributed by atoms with E-state index < -0.39 is 0 Å². The van der Waals surface area contributed by atoms with E-state index >= 15 is 0 Å². The van der Waals surface area contributed by atoms with Gasteiger partial charge in [-0.05, 0) is 35.7 Å². The fourth-order valence-corrected chi connectivity index (χ4v) is 1.82. The molecule has 1 aromatic carbocycles. The molecule has 17 heavy (non-hydrogen) atoms. The Kier molecular flexibility index (Phi) is 4.29. The number of ether oxygens (including phenoxy) is 1. The number of likely N-dealkylation sites (N-methyl/N-ethyl adjacent to an activating group) is 1. The van der Waals surface area contributed by atoms with Crippen LogP contribution in [0.25, 0.3) is 0 Å². The van der Waals surface area contributed by atoms with Crippen LogP contribution in [0.5, 0.6) is 5.75 Å². The molecule has 94 valence electrons. The zero-order valence-electron chi connectivity index (χ0n) is 11.2. The van der Waals surface area contributed by atoms with Crippen LogP contribution in [-0.2, 0) is 10.2 Å². The highest BCUT2D eigenvalue weighted by Gasteiger charge is 2.20. The summed E-state index contributed by atoms with van der Waals surface area (Å²) in [5, 5.41) is 2.98. The Bertz CT molecular complexity index is 394. The number of carbonyl (C=O) groups is 1. The predicted octanol–water partition coefficient (Wildman–Crippen LogP) is 2.45. The first-order valence-corrected chi connectivity index (χ1v) is 5.75. The van der Waals surface area contributed by atoms with Gasteiger partial charge in [0.05, 0.1) is 13.2 Å². The molecule has 1 atom stereocenters. The topological polar surface area (TPSA) is 38.3 Å². The van der Waals surface area contributed by atoms with Gasteiger partial charge in [-0.15, -0.1) is 0 Å². The average molecular weight is 235 g/mol. The molecule has 0 saturated heterocycles. The van der Waals surface area contributed by atoms with Crippen molar-refractivity contribution in [3.8, 4) is 5.75 Å². The molecular formula is C14H21NO2. The van der Waals surface area contributed by atoms with Gasteiger partial charge in [-0.1, -0.05) is 26.8 Å². The zero-order valence-corrected chi connectivity index (χ0v) is 11.2. The van der Waals surface area contributed by atoms with Gasteiger partial charge in [0.15, 0.2) is 0 Å². The third-order valence-electron chi connectivity index (χ3n) is 2.84. The number of aldehydes is 1. The quantitative estimate of drug-likeness (QED) is 0.815. The first kappa shape index (κ1) is 13.7. The Morgan fingerprint density at radius 2 is 2.00 bits per heavy atom. The summed E-state index contributed by atoms with van der Waals surface area (Å²) in [7, 11) is 3.44. The highest BCUT2D eigenvalue weighted by molar-refractivity contribution is 5.62. The van der Waals surface area contributed by atoms with Gasteiger partial charge in [-0.3, -0.25) is 0 Å². The fourth-order valence-electron chi connectivity index (χ4n) is 1.82. The standard InChI is InChI=1S/C14H21NO2/c1-14(2,3)11-8-10(12(9-16)15-4)6-7-13(11)17-5/h6-9,12,15H,1-5H3. The number of rotatable bonds is 4. The Morgan fingerprint density at radius 3 is 2.41 bits per heavy atom. The summed E-state index contributed by atoms with van der Waals surface area (Å²) in [6, 6.07) is 5.61. The monoisotopic (exact) mass is 235 g/mol. The lowest BCUT2D eigenvalue weighted by molar-refractivity contribution is -0.109. The predicted molar refractivity (Wildman–Crippen MR) is 69.6 cm³/mol. The van der Waals surface area contributed by atoms with Crippen LogP contribution in [0, 0.1) is 0 Å². The maximum absolute atomic E-state index is 11.0. The second-order valence-corrected chi connectivity index (χ2v) is 5.11. The van der Waals surface area contributed by atoms with Gasteiger partial charge in [0.2, 0.25) is 0 Å². The van der Waals surface area contributed by atoms with E-state index in [1.54, 1.807) is 14.2 Å². The molecule has 0 aliphatic carbocycles. The maximum atomic E-state index is 11.0. The zero-order chi connectivity index (χ0) is 13.1. The maximum Gasteiger partial charge on any atom is 0.141 e. The Balaban J connectivity index is 3.26. The normalized spacial score (nSPS) is 13.2. The molecule has 0 saturated carbocycles. The van der Waals surface area contributed by atoms with Gasteiger partial charge in [-0.2, -0.15) is 0 Å². The van der Waals surface area contributed by atoms with E-state index in [2.05, 4.69) is 26.1 Å². The van der Waals surface area contributed by atoms with E-state index in [0.29, 0.717) is 0 Å². The van der Waals surface area contributed by atoms with Gasteiger partial charge in [-0.25, -0.2) is 0 Å². The van der Waals surface area contributed by atoms with E-state index in [1.807, 2.05) is 18.2 Å². The van der Waals surface area contributed by atoms with Crippen LogP contribution in [0.15, 0.2) is 18.2 Å². The minimum absolute atomic E-state index is 0.0114. The highest BCUT2D eigenvalue weighted by atomic mass is 16.5. The van der Waals surface area contributed by atoms with Gasteiger partial charge in [0, 0.05) is 0 Å². The second-order valence-electron chi connectivity index (χ2n) is 5.11. The van der Waals surface area contributed by atoms with Crippen molar-refractivity contribution < 1.29 is 9.53 Å². The Morgan fingerprint density at radius 1 is 1.35 bits per heavy atom. The van der Waals surface area contributed by atoms with Crippen LogP contribution in [0.4, 0.5) is 0 Å². The third-order valence-corrected chi connectivity index (χ3v) is 2.84. The van der Waals surface area contributed by atoms with Crippen LogP contribution in [-0.4, -0.2) is 20.4 Å². The van der Waals surface area contributed by atoms with Gasteiger partial charge in [0.1, 0.15) is 12.0 Å². The average Bonchev–Trinajstić information content (AvgIpc) is 2.29. The molecule has 0 aliphatic rings. The third kappa shape index (κ3) is 3.07. The molecule has 1 rings (SSSR count). The molecule has 0 spiro atoms. The summed E-state index contributed by atoms with van der Waals surface area (Å²) in [5.41, 5.74) is 2.07. The number of hydrogen-bond donors (Lipinski definition) is 1. The van der Waals surface area contributed by atoms with E-state index in [4.69, 9.17) is 4.74 Å². The van der Waals surface area contributed by atoms with Crippen LogP contribution >= 0.6 is 0 Å². The highest BCUT2D eigenvalue weighted by Crippen LogP contribution is 2.33. The van der Waals surface area contributed by atoms with Gasteiger partial charge < -0.3 is 14.8 Å². The smallest absolute Gasteiger partial charge is 0.141 e. The lowest BCUT2D eigenvalue weighted by Crippen LogP contribution is -2.19. The van der Waals surface area contributed by atoms with Crippen molar-refractivity contribution in [2.24, 2.45) is 0 Å². The first-order chi connectivity index (χ1) is 7.93. The van der Waals surface area contributed by atoms with Crippen LogP contribution < -0.4 is 10.1 Å². The van der Waals surface area contributed by atoms with E-state index in [1.165, 1.54) is 0 Å². The molecule has 0 aliphatic heterocycles. The van der Waals surface area contributed by atoms with Gasteiger partial charge >= 0.3 is 0 Å². The molecular weight excluding hydrogens is 214 g/mol. The van der Waals surface area contributed by atoms with E-state index in [9.17, 15) is 4.79 Å². The van der Waals surface area contributed by atoms with Crippen LogP contribution in [0.2, 0.25) is 0 Å². The summed E-state index contributed by atoms with van der Waals surface area (Å²) in [6.07, 6.45) is 0.911. The number of methoxy groups -OCH3 is 1. The van der Waals surface area contributed by atoms with Crippen molar-refractivity contribution >= 4 is 6.29 Å². The second kappa shape index (κ2) is 5.32. The number of hydrogen-bond acceptors (Lipinski definition) is 3. The molecule has 3 nitrogen and oxygen atoms in total. The fraction of sp³-hybridized carbons (Fsp3) is 0.500. The van der Waals surface area contributed by atoms with Crippen molar-refractivity contribution in [2.45, 2.75) is 32.2 Å². The lowest BCUT2D eigenvalue weighted by Gasteiger charge is -2.23. The van der Waals surface area contributed by atoms with Crippen LogP contribution in [0.3, 0.4) is 0 Å². The van der Waals surface area contributed by atoms with Crippen molar-refractivity contribution in [3.63, 3.8) is 0 Å². The molecule has 0 fully saturated rings. The molecule has 0 amide bonds. The number of benzene rings is 1. The molecule has 1 N–H and O–H groups in total. The van der Waals surface area contributed by atoms with Crippen LogP contribution in [0.1, 0.15) is 37.9 Å². The molecule has 0 heterocycles. The molecule has 3 heteroatoms. The Labute approximate surface area is 103 Å². The van der Waals surface area contributed by atoms with Gasteiger partial charge in [0.25, 0.3) is 0 Å². The lowest BCUT2D eigenvalue weighted by atomic mass is 9.84. The van der Waals surface area contributed by atoms with Crippen molar-refractivity contribution in [1.29, 1.82) is 0 Å². The summed E-state index contributed by atoms with van der Waals surface area (Å²) in [4.78, 5) is 11.0.